The molecule has 0 saturated heterocycles. The lowest BCUT2D eigenvalue weighted by atomic mass is 10.0. The molecule has 102 valence electrons. The number of fused-ring (bicyclic) bond motifs is 3. The molecule has 0 radical (unpaired) electrons. The van der Waals surface area contributed by atoms with Gasteiger partial charge in [-0.25, -0.2) is 0 Å². The summed E-state index contributed by atoms with van der Waals surface area (Å²) in [6.45, 7) is 1.17. The SMILES string of the molecule is COc1ccc2c(c1)c1c(n2C)CC(CN(C)C)C1. The molecule has 3 nitrogen and oxygen atoms in total. The Morgan fingerprint density at radius 1 is 1.32 bits per heavy atom. The van der Waals surface area contributed by atoms with Crippen LogP contribution in [-0.4, -0.2) is 37.2 Å². The number of rotatable bonds is 3. The van der Waals surface area contributed by atoms with Crippen molar-refractivity contribution in [1.29, 1.82) is 0 Å². The molecule has 1 aliphatic carbocycles. The number of aryl methyl sites for hydroxylation is 1. The van der Waals surface area contributed by atoms with Crippen LogP contribution in [0.3, 0.4) is 0 Å². The zero-order valence-corrected chi connectivity index (χ0v) is 12.2. The summed E-state index contributed by atoms with van der Waals surface area (Å²) in [6.07, 6.45) is 2.39. The predicted molar refractivity (Wildman–Crippen MR) is 78.9 cm³/mol. The Kier molecular flexibility index (Phi) is 3.02. The van der Waals surface area contributed by atoms with E-state index in [1.807, 2.05) is 0 Å². The molecule has 1 heterocycles. The van der Waals surface area contributed by atoms with Crippen molar-refractivity contribution in [2.24, 2.45) is 13.0 Å². The van der Waals surface area contributed by atoms with Crippen molar-refractivity contribution in [2.75, 3.05) is 27.7 Å². The van der Waals surface area contributed by atoms with Crippen LogP contribution in [0, 0.1) is 5.92 Å². The van der Waals surface area contributed by atoms with Gasteiger partial charge in [0.2, 0.25) is 0 Å². The summed E-state index contributed by atoms with van der Waals surface area (Å²) >= 11 is 0. The predicted octanol–water partition coefficient (Wildman–Crippen LogP) is 2.46. The third-order valence-corrected chi connectivity index (χ3v) is 4.24. The fourth-order valence-electron chi connectivity index (χ4n) is 3.45. The number of hydrogen-bond acceptors (Lipinski definition) is 2. The monoisotopic (exact) mass is 258 g/mol. The number of nitrogens with zero attached hydrogens (tertiary/aromatic N) is 2. The molecule has 3 heteroatoms. The second kappa shape index (κ2) is 4.57. The van der Waals surface area contributed by atoms with Gasteiger partial charge < -0.3 is 14.2 Å². The van der Waals surface area contributed by atoms with E-state index in [1.165, 1.54) is 41.5 Å². The minimum Gasteiger partial charge on any atom is -0.497 e. The molecule has 19 heavy (non-hydrogen) atoms. The Labute approximate surface area is 114 Å². The fraction of sp³-hybridized carbons (Fsp3) is 0.500. The first-order chi connectivity index (χ1) is 9.10. The first-order valence-corrected chi connectivity index (χ1v) is 6.89. The van der Waals surface area contributed by atoms with E-state index in [-0.39, 0.29) is 0 Å². The van der Waals surface area contributed by atoms with E-state index in [0.29, 0.717) is 0 Å². The lowest BCUT2D eigenvalue weighted by molar-refractivity contribution is 0.330. The molecular weight excluding hydrogens is 236 g/mol. The Morgan fingerprint density at radius 2 is 2.11 bits per heavy atom. The van der Waals surface area contributed by atoms with Gasteiger partial charge in [-0.15, -0.1) is 0 Å². The van der Waals surface area contributed by atoms with Gasteiger partial charge in [0.15, 0.2) is 0 Å². The quantitative estimate of drug-likeness (QED) is 0.841. The summed E-state index contributed by atoms with van der Waals surface area (Å²) < 4.78 is 7.73. The lowest BCUT2D eigenvalue weighted by Crippen LogP contribution is -2.22. The van der Waals surface area contributed by atoms with Crippen molar-refractivity contribution in [3.05, 3.63) is 29.5 Å². The third kappa shape index (κ3) is 2.02. The van der Waals surface area contributed by atoms with E-state index in [0.717, 1.165) is 11.7 Å². The summed E-state index contributed by atoms with van der Waals surface area (Å²) in [4.78, 5) is 2.29. The highest BCUT2D eigenvalue weighted by Crippen LogP contribution is 2.36. The highest BCUT2D eigenvalue weighted by atomic mass is 16.5. The molecule has 3 rings (SSSR count). The van der Waals surface area contributed by atoms with Gasteiger partial charge in [-0.05, 0) is 56.6 Å². The van der Waals surface area contributed by atoms with Gasteiger partial charge in [-0.2, -0.15) is 0 Å². The van der Waals surface area contributed by atoms with Crippen molar-refractivity contribution in [2.45, 2.75) is 12.8 Å². The minimum atomic E-state index is 0.752. The number of hydrogen-bond donors (Lipinski definition) is 0. The van der Waals surface area contributed by atoms with Crippen molar-refractivity contribution in [1.82, 2.24) is 9.47 Å². The van der Waals surface area contributed by atoms with Crippen LogP contribution in [0.15, 0.2) is 18.2 Å². The molecule has 0 saturated carbocycles. The molecule has 0 spiro atoms. The second-order valence-corrected chi connectivity index (χ2v) is 5.90. The number of benzene rings is 1. The first-order valence-electron chi connectivity index (χ1n) is 6.89. The Morgan fingerprint density at radius 3 is 2.79 bits per heavy atom. The smallest absolute Gasteiger partial charge is 0.119 e. The average Bonchev–Trinajstić information content (AvgIpc) is 2.89. The van der Waals surface area contributed by atoms with Gasteiger partial charge in [-0.1, -0.05) is 0 Å². The summed E-state index contributed by atoms with van der Waals surface area (Å²) in [6, 6.07) is 6.41. The van der Waals surface area contributed by atoms with Crippen LogP contribution in [0.1, 0.15) is 11.3 Å². The highest BCUT2D eigenvalue weighted by molar-refractivity contribution is 5.87. The van der Waals surface area contributed by atoms with E-state index >= 15 is 0 Å². The number of methoxy groups -OCH3 is 1. The molecule has 0 bridgehead atoms. The van der Waals surface area contributed by atoms with Gasteiger partial charge in [-0.3, -0.25) is 0 Å². The van der Waals surface area contributed by atoms with Crippen molar-refractivity contribution in [3.63, 3.8) is 0 Å². The molecule has 0 fully saturated rings. The van der Waals surface area contributed by atoms with E-state index < -0.39 is 0 Å². The molecule has 1 aliphatic rings. The Balaban J connectivity index is 2.03. The van der Waals surface area contributed by atoms with Crippen molar-refractivity contribution < 1.29 is 4.74 Å². The molecule has 0 amide bonds. The first kappa shape index (κ1) is 12.5. The van der Waals surface area contributed by atoms with Crippen LogP contribution >= 0.6 is 0 Å². The van der Waals surface area contributed by atoms with Gasteiger partial charge in [0.05, 0.1) is 7.11 Å². The van der Waals surface area contributed by atoms with E-state index in [2.05, 4.69) is 48.8 Å². The normalized spacial score (nSPS) is 18.3. The molecule has 0 aliphatic heterocycles. The van der Waals surface area contributed by atoms with Crippen LogP contribution in [0.2, 0.25) is 0 Å². The molecule has 0 N–H and O–H groups in total. The molecule has 1 atom stereocenters. The number of aromatic nitrogens is 1. The number of ether oxygens (including phenoxy) is 1. The summed E-state index contributed by atoms with van der Waals surface area (Å²) in [5.41, 5.74) is 4.37. The Bertz CT molecular complexity index is 613. The molecule has 1 aromatic heterocycles. The maximum absolute atomic E-state index is 5.37. The summed E-state index contributed by atoms with van der Waals surface area (Å²) in [5.74, 6) is 1.71. The van der Waals surface area contributed by atoms with Gasteiger partial charge in [0.25, 0.3) is 0 Å². The maximum atomic E-state index is 5.37. The van der Waals surface area contributed by atoms with Crippen molar-refractivity contribution >= 4 is 10.9 Å². The molecule has 1 unspecified atom stereocenters. The maximum Gasteiger partial charge on any atom is 0.119 e. The third-order valence-electron chi connectivity index (χ3n) is 4.24. The molecular formula is C16H22N2O. The van der Waals surface area contributed by atoms with Crippen LogP contribution in [-0.2, 0) is 19.9 Å². The minimum absolute atomic E-state index is 0.752. The van der Waals surface area contributed by atoms with Gasteiger partial charge in [0, 0.05) is 30.2 Å². The van der Waals surface area contributed by atoms with Crippen molar-refractivity contribution in [3.8, 4) is 5.75 Å². The zero-order chi connectivity index (χ0) is 13.6. The van der Waals surface area contributed by atoms with E-state index in [4.69, 9.17) is 4.74 Å². The lowest BCUT2D eigenvalue weighted by Gasteiger charge is -2.16. The van der Waals surface area contributed by atoms with Gasteiger partial charge >= 0.3 is 0 Å². The molecule has 1 aromatic carbocycles. The van der Waals surface area contributed by atoms with E-state index in [1.54, 1.807) is 7.11 Å². The Hall–Kier alpha value is -1.48. The zero-order valence-electron chi connectivity index (χ0n) is 12.2. The second-order valence-electron chi connectivity index (χ2n) is 5.90. The van der Waals surface area contributed by atoms with E-state index in [9.17, 15) is 0 Å². The summed E-state index contributed by atoms with van der Waals surface area (Å²) in [5, 5.41) is 1.37. The topological polar surface area (TPSA) is 17.4 Å². The standard InChI is InChI=1S/C16H22N2O/c1-17(2)10-11-7-13-14-9-12(19-4)5-6-15(14)18(3)16(13)8-11/h5-6,9,11H,7-8,10H2,1-4H3. The van der Waals surface area contributed by atoms with Crippen LogP contribution in [0.5, 0.6) is 5.75 Å². The van der Waals surface area contributed by atoms with Gasteiger partial charge in [0.1, 0.15) is 5.75 Å². The molecule has 2 aromatic rings. The largest absolute Gasteiger partial charge is 0.497 e. The van der Waals surface area contributed by atoms with Crippen LogP contribution < -0.4 is 4.74 Å². The average molecular weight is 258 g/mol. The van der Waals surface area contributed by atoms with Crippen LogP contribution in [0.4, 0.5) is 0 Å². The summed E-state index contributed by atoms with van der Waals surface area (Å²) in [7, 11) is 8.24. The highest BCUT2D eigenvalue weighted by Gasteiger charge is 2.27. The van der Waals surface area contributed by atoms with Crippen LogP contribution in [0.25, 0.3) is 10.9 Å². The fourth-order valence-corrected chi connectivity index (χ4v) is 3.45.